The van der Waals surface area contributed by atoms with Crippen molar-refractivity contribution >= 4 is 0 Å². The first-order valence-electron chi connectivity index (χ1n) is 8.15. The van der Waals surface area contributed by atoms with E-state index in [4.69, 9.17) is 0 Å². The fraction of sp³-hybridized carbons (Fsp3) is 0.0833. The highest BCUT2D eigenvalue weighted by atomic mass is 13.7. The Balaban J connectivity index is 3.90. The number of allylic oxidation sites excluding steroid dienone is 22. The van der Waals surface area contributed by atoms with Gasteiger partial charge in [0.2, 0.25) is 0 Å². The third-order valence-corrected chi connectivity index (χ3v) is 2.50. The van der Waals surface area contributed by atoms with Crippen LogP contribution in [0.2, 0.25) is 0 Å². The lowest BCUT2D eigenvalue weighted by Gasteiger charge is -1.76. The van der Waals surface area contributed by atoms with Crippen molar-refractivity contribution in [2.75, 3.05) is 0 Å². The molecule has 0 saturated heterocycles. The normalized spacial score (nSPS) is 14.9. The zero-order valence-electron chi connectivity index (χ0n) is 14.7. The van der Waals surface area contributed by atoms with Crippen molar-refractivity contribution in [2.24, 2.45) is 0 Å². The maximum Gasteiger partial charge on any atom is -0.0467 e. The van der Waals surface area contributed by atoms with Crippen LogP contribution in [0.4, 0.5) is 0 Å². The Kier molecular flexibility index (Phi) is 17.7. The van der Waals surface area contributed by atoms with Gasteiger partial charge in [0.1, 0.15) is 0 Å². The molecule has 0 atom stereocenters. The summed E-state index contributed by atoms with van der Waals surface area (Å²) in [6.45, 7) is 4.00. The fourth-order valence-electron chi connectivity index (χ4n) is 1.38. The van der Waals surface area contributed by atoms with Crippen LogP contribution in [0, 0.1) is 0 Å². The quantitative estimate of drug-likeness (QED) is 0.375. The Bertz CT molecular complexity index is 538. The van der Waals surface area contributed by atoms with E-state index in [0.29, 0.717) is 0 Å². The summed E-state index contributed by atoms with van der Waals surface area (Å²) in [6, 6.07) is 0. The Morgan fingerprint density at radius 1 is 0.208 bits per heavy atom. The Morgan fingerprint density at radius 3 is 0.458 bits per heavy atom. The maximum absolute atomic E-state index is 2.00. The molecule has 0 unspecified atom stereocenters. The molecule has 0 bridgehead atoms. The fourth-order valence-corrected chi connectivity index (χ4v) is 1.38. The van der Waals surface area contributed by atoms with Crippen molar-refractivity contribution in [3.05, 3.63) is 134 Å². The molecule has 0 N–H and O–H groups in total. The molecule has 0 radical (unpaired) electrons. The molecular weight excluding hydrogens is 288 g/mol. The third kappa shape index (κ3) is 19.1. The summed E-state index contributed by atoms with van der Waals surface area (Å²) >= 11 is 0. The summed E-state index contributed by atoms with van der Waals surface area (Å²) in [5.74, 6) is 0. The molecule has 24 heavy (non-hydrogen) atoms. The minimum Gasteiger partial charge on any atom is -0.0877 e. The van der Waals surface area contributed by atoms with Crippen molar-refractivity contribution in [3.63, 3.8) is 0 Å². The SMILES string of the molecule is CC=CC=CC=CC=CC=CC=CC=CC=CC=CC=CC=CC. The van der Waals surface area contributed by atoms with Gasteiger partial charge < -0.3 is 0 Å². The van der Waals surface area contributed by atoms with Gasteiger partial charge in [-0.05, 0) is 13.8 Å². The highest BCUT2D eigenvalue weighted by molar-refractivity contribution is 5.22. The molecule has 0 aromatic carbocycles. The van der Waals surface area contributed by atoms with Crippen LogP contribution in [-0.4, -0.2) is 0 Å². The number of rotatable bonds is 10. The molecule has 0 aliphatic carbocycles. The van der Waals surface area contributed by atoms with Crippen LogP contribution in [0.5, 0.6) is 0 Å². The lowest BCUT2D eigenvalue weighted by atomic mass is 10.3. The highest BCUT2D eigenvalue weighted by Crippen LogP contribution is 1.87. The summed E-state index contributed by atoms with van der Waals surface area (Å²) < 4.78 is 0. The van der Waals surface area contributed by atoms with Gasteiger partial charge in [0.25, 0.3) is 0 Å². The largest absolute Gasteiger partial charge is 0.0877 e. The molecule has 0 fully saturated rings. The van der Waals surface area contributed by atoms with Gasteiger partial charge in [-0.1, -0.05) is 134 Å². The molecule has 0 aromatic rings. The number of hydrogen-bond acceptors (Lipinski definition) is 0. The van der Waals surface area contributed by atoms with E-state index in [0.717, 1.165) is 0 Å². The van der Waals surface area contributed by atoms with Crippen LogP contribution in [0.1, 0.15) is 13.8 Å². The van der Waals surface area contributed by atoms with Crippen LogP contribution < -0.4 is 0 Å². The minimum atomic E-state index is 2.00. The lowest BCUT2D eigenvalue weighted by molar-refractivity contribution is 1.73. The summed E-state index contributed by atoms with van der Waals surface area (Å²) in [7, 11) is 0. The van der Waals surface area contributed by atoms with Gasteiger partial charge in [-0.2, -0.15) is 0 Å². The van der Waals surface area contributed by atoms with E-state index in [1.165, 1.54) is 0 Å². The molecule has 0 spiro atoms. The van der Waals surface area contributed by atoms with Crippen molar-refractivity contribution in [1.82, 2.24) is 0 Å². The molecular formula is C24H28. The first kappa shape index (κ1) is 21.1. The summed E-state index contributed by atoms with van der Waals surface area (Å²) in [5, 5.41) is 0. The Labute approximate surface area is 148 Å². The molecule has 0 amide bonds. The van der Waals surface area contributed by atoms with E-state index < -0.39 is 0 Å². The van der Waals surface area contributed by atoms with Crippen molar-refractivity contribution in [1.29, 1.82) is 0 Å². The number of hydrogen-bond donors (Lipinski definition) is 0. The standard InChI is InChI=1S/C24H28/c1-3-5-7-9-11-13-15-17-19-21-23-24-22-20-18-16-14-12-10-8-6-4-2/h3-24H,1-2H3. The minimum absolute atomic E-state index is 2.00. The van der Waals surface area contributed by atoms with Gasteiger partial charge in [-0.15, -0.1) is 0 Å². The van der Waals surface area contributed by atoms with Gasteiger partial charge in [-0.25, -0.2) is 0 Å². The predicted octanol–water partition coefficient (Wildman–Crippen LogP) is 7.14. The predicted molar refractivity (Wildman–Crippen MR) is 112 cm³/mol. The summed E-state index contributed by atoms with van der Waals surface area (Å²) in [5.41, 5.74) is 0. The molecule has 124 valence electrons. The Hall–Kier alpha value is -2.86. The van der Waals surface area contributed by atoms with Crippen LogP contribution in [-0.2, 0) is 0 Å². The lowest BCUT2D eigenvalue weighted by Crippen LogP contribution is -1.54. The highest BCUT2D eigenvalue weighted by Gasteiger charge is 1.65. The summed E-state index contributed by atoms with van der Waals surface area (Å²) in [4.78, 5) is 0. The zero-order valence-corrected chi connectivity index (χ0v) is 14.7. The van der Waals surface area contributed by atoms with Crippen molar-refractivity contribution in [3.8, 4) is 0 Å². The Morgan fingerprint density at radius 2 is 0.333 bits per heavy atom. The molecule has 0 heterocycles. The van der Waals surface area contributed by atoms with E-state index in [9.17, 15) is 0 Å². The van der Waals surface area contributed by atoms with E-state index in [-0.39, 0.29) is 0 Å². The van der Waals surface area contributed by atoms with Crippen molar-refractivity contribution in [2.45, 2.75) is 13.8 Å². The second kappa shape index (κ2) is 20.1. The van der Waals surface area contributed by atoms with Gasteiger partial charge in [-0.3, -0.25) is 0 Å². The van der Waals surface area contributed by atoms with E-state index >= 15 is 0 Å². The molecule has 0 aliphatic heterocycles. The van der Waals surface area contributed by atoms with Gasteiger partial charge in [0.05, 0.1) is 0 Å². The first-order chi connectivity index (χ1) is 11.9. The van der Waals surface area contributed by atoms with Gasteiger partial charge in [0, 0.05) is 0 Å². The van der Waals surface area contributed by atoms with Crippen molar-refractivity contribution < 1.29 is 0 Å². The monoisotopic (exact) mass is 316 g/mol. The molecule has 0 aliphatic rings. The van der Waals surface area contributed by atoms with E-state index in [1.807, 2.05) is 148 Å². The van der Waals surface area contributed by atoms with E-state index in [1.54, 1.807) is 0 Å². The first-order valence-corrected chi connectivity index (χ1v) is 8.15. The van der Waals surface area contributed by atoms with Crippen LogP contribution >= 0.6 is 0 Å². The van der Waals surface area contributed by atoms with Crippen LogP contribution in [0.15, 0.2) is 134 Å². The van der Waals surface area contributed by atoms with Crippen LogP contribution in [0.3, 0.4) is 0 Å². The average Bonchev–Trinajstić information content (AvgIpc) is 2.60. The van der Waals surface area contributed by atoms with Gasteiger partial charge in [0.15, 0.2) is 0 Å². The summed E-state index contributed by atoms with van der Waals surface area (Å²) in [6.07, 6.45) is 44.0. The molecule has 0 heteroatoms. The topological polar surface area (TPSA) is 0 Å². The third-order valence-electron chi connectivity index (χ3n) is 2.50. The average molecular weight is 316 g/mol. The van der Waals surface area contributed by atoms with Gasteiger partial charge >= 0.3 is 0 Å². The van der Waals surface area contributed by atoms with E-state index in [2.05, 4.69) is 0 Å². The molecule has 0 rings (SSSR count). The maximum atomic E-state index is 2.00. The molecule has 0 saturated carbocycles. The smallest absolute Gasteiger partial charge is 0.0467 e. The zero-order chi connectivity index (χ0) is 17.6. The van der Waals surface area contributed by atoms with Crippen LogP contribution in [0.25, 0.3) is 0 Å². The molecule has 0 aromatic heterocycles. The molecule has 0 nitrogen and oxygen atoms in total. The second-order valence-corrected chi connectivity index (χ2v) is 4.52. The second-order valence-electron chi connectivity index (χ2n) is 4.52.